The number of rotatable bonds is 5. The van der Waals surface area contributed by atoms with Crippen molar-refractivity contribution in [3.05, 3.63) is 96.0 Å². The standard InChI is InChI=1S/C20H16O3/c1-2-13-22-19-17(14-15-9-5-3-6-10-15)23-20(21)18(19)16-11-7-4-8-12-16/h2-12,14H,1,13H2/b17-14+. The zero-order valence-corrected chi connectivity index (χ0v) is 12.6. The van der Waals surface area contributed by atoms with Gasteiger partial charge in [0, 0.05) is 0 Å². The van der Waals surface area contributed by atoms with E-state index in [0.29, 0.717) is 23.7 Å². The normalized spacial score (nSPS) is 15.7. The lowest BCUT2D eigenvalue weighted by Gasteiger charge is -2.07. The third kappa shape index (κ3) is 3.24. The summed E-state index contributed by atoms with van der Waals surface area (Å²) in [6, 6.07) is 19.0. The van der Waals surface area contributed by atoms with E-state index in [0.717, 1.165) is 11.1 Å². The van der Waals surface area contributed by atoms with Crippen LogP contribution in [0.15, 0.2) is 84.8 Å². The van der Waals surface area contributed by atoms with E-state index in [4.69, 9.17) is 9.47 Å². The second kappa shape index (κ2) is 6.79. The topological polar surface area (TPSA) is 35.5 Å². The molecule has 0 amide bonds. The van der Waals surface area contributed by atoms with Crippen LogP contribution in [0.25, 0.3) is 11.6 Å². The average molecular weight is 304 g/mol. The van der Waals surface area contributed by atoms with Gasteiger partial charge in [0.05, 0.1) is 0 Å². The Kier molecular flexibility index (Phi) is 4.39. The van der Waals surface area contributed by atoms with Gasteiger partial charge in [-0.2, -0.15) is 0 Å². The largest absolute Gasteiger partial charge is 0.485 e. The fraction of sp³-hybridized carbons (Fsp3) is 0.0500. The summed E-state index contributed by atoms with van der Waals surface area (Å²) in [5.74, 6) is 0.462. The Morgan fingerprint density at radius 1 is 1.00 bits per heavy atom. The van der Waals surface area contributed by atoms with Crippen LogP contribution in [-0.4, -0.2) is 12.6 Å². The van der Waals surface area contributed by atoms with Gasteiger partial charge in [-0.25, -0.2) is 4.79 Å². The first-order chi connectivity index (χ1) is 11.3. The van der Waals surface area contributed by atoms with E-state index in [1.54, 1.807) is 12.2 Å². The summed E-state index contributed by atoms with van der Waals surface area (Å²) >= 11 is 0. The van der Waals surface area contributed by atoms with Crippen LogP contribution in [0.4, 0.5) is 0 Å². The zero-order chi connectivity index (χ0) is 16.1. The predicted octanol–water partition coefficient (Wildman–Crippen LogP) is 4.20. The molecule has 3 rings (SSSR count). The minimum Gasteiger partial charge on any atom is -0.485 e. The Hall–Kier alpha value is -3.07. The lowest BCUT2D eigenvalue weighted by atomic mass is 10.1. The first-order valence-corrected chi connectivity index (χ1v) is 7.32. The molecular weight excluding hydrogens is 288 g/mol. The lowest BCUT2D eigenvalue weighted by Crippen LogP contribution is -1.98. The fourth-order valence-corrected chi connectivity index (χ4v) is 2.35. The van der Waals surface area contributed by atoms with Crippen LogP contribution in [-0.2, 0) is 14.3 Å². The van der Waals surface area contributed by atoms with Gasteiger partial charge < -0.3 is 9.47 Å². The summed E-state index contributed by atoms with van der Waals surface area (Å²) in [7, 11) is 0. The molecule has 0 aliphatic carbocycles. The Morgan fingerprint density at radius 2 is 1.65 bits per heavy atom. The maximum atomic E-state index is 12.3. The highest BCUT2D eigenvalue weighted by atomic mass is 16.6. The van der Waals surface area contributed by atoms with Gasteiger partial charge in [0.1, 0.15) is 12.2 Å². The van der Waals surface area contributed by atoms with E-state index >= 15 is 0 Å². The van der Waals surface area contributed by atoms with E-state index in [2.05, 4.69) is 6.58 Å². The maximum Gasteiger partial charge on any atom is 0.348 e. The van der Waals surface area contributed by atoms with Crippen LogP contribution in [0.1, 0.15) is 11.1 Å². The van der Waals surface area contributed by atoms with Crippen molar-refractivity contribution >= 4 is 17.6 Å². The maximum absolute atomic E-state index is 12.3. The van der Waals surface area contributed by atoms with Crippen molar-refractivity contribution in [1.29, 1.82) is 0 Å². The Morgan fingerprint density at radius 3 is 2.30 bits per heavy atom. The van der Waals surface area contributed by atoms with Crippen LogP contribution in [0.3, 0.4) is 0 Å². The molecule has 1 heterocycles. The first kappa shape index (κ1) is 14.9. The molecule has 0 spiro atoms. The summed E-state index contributed by atoms with van der Waals surface area (Å²) in [5, 5.41) is 0. The van der Waals surface area contributed by atoms with Gasteiger partial charge >= 0.3 is 5.97 Å². The summed E-state index contributed by atoms with van der Waals surface area (Å²) in [5.41, 5.74) is 2.15. The molecular formula is C20H16O3. The van der Waals surface area contributed by atoms with Crippen LogP contribution >= 0.6 is 0 Å². The molecule has 0 unspecified atom stereocenters. The third-order valence-corrected chi connectivity index (χ3v) is 3.36. The van der Waals surface area contributed by atoms with Gasteiger partial charge in [-0.1, -0.05) is 73.3 Å². The molecule has 0 atom stereocenters. The Bertz CT molecular complexity index is 771. The number of hydrogen-bond donors (Lipinski definition) is 0. The van der Waals surface area contributed by atoms with Crippen molar-refractivity contribution in [2.24, 2.45) is 0 Å². The predicted molar refractivity (Wildman–Crippen MR) is 90.0 cm³/mol. The van der Waals surface area contributed by atoms with Crippen LogP contribution < -0.4 is 0 Å². The molecule has 0 bridgehead atoms. The molecule has 0 saturated heterocycles. The smallest absolute Gasteiger partial charge is 0.348 e. The molecule has 1 aliphatic heterocycles. The summed E-state index contributed by atoms with van der Waals surface area (Å²) < 4.78 is 11.2. The van der Waals surface area contributed by atoms with Gasteiger partial charge in [-0.3, -0.25) is 0 Å². The average Bonchev–Trinajstić information content (AvgIpc) is 2.89. The van der Waals surface area contributed by atoms with Crippen molar-refractivity contribution in [3.8, 4) is 0 Å². The molecule has 1 aliphatic rings. The quantitative estimate of drug-likeness (QED) is 0.613. The van der Waals surface area contributed by atoms with E-state index in [9.17, 15) is 4.79 Å². The van der Waals surface area contributed by atoms with E-state index in [1.165, 1.54) is 0 Å². The minimum atomic E-state index is -0.405. The number of benzene rings is 2. The molecule has 0 aromatic heterocycles. The van der Waals surface area contributed by atoms with Crippen LogP contribution in [0.2, 0.25) is 0 Å². The zero-order valence-electron chi connectivity index (χ0n) is 12.6. The molecule has 2 aromatic rings. The highest BCUT2D eigenvalue weighted by molar-refractivity contribution is 6.21. The molecule has 3 heteroatoms. The van der Waals surface area contributed by atoms with E-state index in [1.807, 2.05) is 60.7 Å². The number of hydrogen-bond acceptors (Lipinski definition) is 3. The number of carbonyl (C=O) groups is 1. The van der Waals surface area contributed by atoms with E-state index < -0.39 is 5.97 Å². The molecule has 0 N–H and O–H groups in total. The Balaban J connectivity index is 2.07. The molecule has 3 nitrogen and oxygen atoms in total. The van der Waals surface area contributed by atoms with E-state index in [-0.39, 0.29) is 0 Å². The molecule has 2 aromatic carbocycles. The van der Waals surface area contributed by atoms with Crippen molar-refractivity contribution in [1.82, 2.24) is 0 Å². The molecule has 23 heavy (non-hydrogen) atoms. The van der Waals surface area contributed by atoms with Gasteiger partial charge in [0.15, 0.2) is 11.5 Å². The molecule has 0 fully saturated rings. The highest BCUT2D eigenvalue weighted by Gasteiger charge is 2.32. The number of carbonyl (C=O) groups excluding carboxylic acids is 1. The van der Waals surface area contributed by atoms with Crippen LogP contribution in [0.5, 0.6) is 0 Å². The second-order valence-electron chi connectivity index (χ2n) is 4.98. The van der Waals surface area contributed by atoms with Gasteiger partial charge in [-0.15, -0.1) is 0 Å². The summed E-state index contributed by atoms with van der Waals surface area (Å²) in [6.45, 7) is 3.95. The molecule has 0 saturated carbocycles. The Labute approximate surface area is 135 Å². The SMILES string of the molecule is C=CCOC1=C(c2ccccc2)C(=O)O/C1=C/c1ccccc1. The van der Waals surface area contributed by atoms with Gasteiger partial charge in [0.25, 0.3) is 0 Å². The van der Waals surface area contributed by atoms with Crippen LogP contribution in [0, 0.1) is 0 Å². The summed E-state index contributed by atoms with van der Waals surface area (Å²) in [4.78, 5) is 12.3. The highest BCUT2D eigenvalue weighted by Crippen LogP contribution is 2.34. The number of ether oxygens (including phenoxy) is 2. The van der Waals surface area contributed by atoms with Gasteiger partial charge in [0.2, 0.25) is 0 Å². The summed E-state index contributed by atoms with van der Waals surface area (Å²) in [6.07, 6.45) is 3.44. The minimum absolute atomic E-state index is 0.300. The lowest BCUT2D eigenvalue weighted by molar-refractivity contribution is -0.131. The molecule has 0 radical (unpaired) electrons. The monoisotopic (exact) mass is 304 g/mol. The van der Waals surface area contributed by atoms with Gasteiger partial charge in [-0.05, 0) is 17.2 Å². The first-order valence-electron chi connectivity index (χ1n) is 7.32. The number of esters is 1. The van der Waals surface area contributed by atoms with Crippen molar-refractivity contribution in [2.45, 2.75) is 0 Å². The molecule has 114 valence electrons. The van der Waals surface area contributed by atoms with Crippen molar-refractivity contribution in [2.75, 3.05) is 6.61 Å². The van der Waals surface area contributed by atoms with Crippen molar-refractivity contribution in [3.63, 3.8) is 0 Å². The number of cyclic esters (lactones) is 1. The second-order valence-corrected chi connectivity index (χ2v) is 4.98. The third-order valence-electron chi connectivity index (χ3n) is 3.36. The fourth-order valence-electron chi connectivity index (χ4n) is 2.35. The van der Waals surface area contributed by atoms with Crippen molar-refractivity contribution < 1.29 is 14.3 Å².